The first-order valence-electron chi connectivity index (χ1n) is 6.43. The number of hydrogen-bond acceptors (Lipinski definition) is 3. The van der Waals surface area contributed by atoms with Crippen LogP contribution in [-0.2, 0) is 11.2 Å². The van der Waals surface area contributed by atoms with E-state index in [1.165, 1.54) is 12.3 Å². The number of hydrazone groups is 1. The maximum atomic E-state index is 11.5. The molecule has 1 aromatic heterocycles. The molecule has 1 aromatic carbocycles. The highest BCUT2D eigenvalue weighted by Crippen LogP contribution is 2.05. The molecule has 0 radical (unpaired) electrons. The molecule has 0 fully saturated rings. The van der Waals surface area contributed by atoms with Crippen LogP contribution >= 0.6 is 0 Å². The summed E-state index contributed by atoms with van der Waals surface area (Å²) in [6.45, 7) is 2.01. The van der Waals surface area contributed by atoms with Gasteiger partial charge in [-0.25, -0.2) is 5.43 Å². The molecule has 0 saturated carbocycles. The van der Waals surface area contributed by atoms with Gasteiger partial charge in [0.1, 0.15) is 11.5 Å². The second-order valence-electron chi connectivity index (χ2n) is 4.14. The fourth-order valence-electron chi connectivity index (χ4n) is 1.59. The monoisotopic (exact) mass is 268 g/mol. The molecule has 0 atom stereocenters. The molecule has 1 heterocycles. The van der Waals surface area contributed by atoms with Gasteiger partial charge in [0.05, 0.1) is 6.21 Å². The lowest BCUT2D eigenvalue weighted by atomic mass is 10.2. The molecule has 2 rings (SSSR count). The maximum absolute atomic E-state index is 11.5. The SMILES string of the molecule is CCc1ccc(/C=N/NC(=O)/C=C/c2ccccc2)o1. The number of aryl methyl sites for hydroxylation is 1. The fraction of sp³-hybridized carbons (Fsp3) is 0.125. The Labute approximate surface area is 117 Å². The van der Waals surface area contributed by atoms with Crippen molar-refractivity contribution in [3.63, 3.8) is 0 Å². The molecule has 0 aliphatic rings. The van der Waals surface area contributed by atoms with Crippen molar-refractivity contribution < 1.29 is 9.21 Å². The van der Waals surface area contributed by atoms with Gasteiger partial charge >= 0.3 is 0 Å². The highest BCUT2D eigenvalue weighted by molar-refractivity contribution is 5.92. The smallest absolute Gasteiger partial charge is 0.264 e. The van der Waals surface area contributed by atoms with Crippen LogP contribution in [0, 0.1) is 0 Å². The number of hydrogen-bond donors (Lipinski definition) is 1. The highest BCUT2D eigenvalue weighted by atomic mass is 16.3. The van der Waals surface area contributed by atoms with Gasteiger partial charge in [-0.05, 0) is 23.8 Å². The summed E-state index contributed by atoms with van der Waals surface area (Å²) in [6.07, 6.45) is 5.48. The normalized spacial score (nSPS) is 11.2. The number of nitrogens with one attached hydrogen (secondary N) is 1. The number of carbonyl (C=O) groups is 1. The van der Waals surface area contributed by atoms with Crippen molar-refractivity contribution in [2.24, 2.45) is 5.10 Å². The van der Waals surface area contributed by atoms with Crippen LogP contribution in [0.3, 0.4) is 0 Å². The third-order valence-corrected chi connectivity index (χ3v) is 2.62. The van der Waals surface area contributed by atoms with E-state index in [9.17, 15) is 4.79 Å². The summed E-state index contributed by atoms with van der Waals surface area (Å²) in [5.41, 5.74) is 3.38. The maximum Gasteiger partial charge on any atom is 0.264 e. The lowest BCUT2D eigenvalue weighted by Gasteiger charge is -1.93. The van der Waals surface area contributed by atoms with Gasteiger partial charge in [0, 0.05) is 12.5 Å². The van der Waals surface area contributed by atoms with Gasteiger partial charge in [-0.15, -0.1) is 0 Å². The molecular weight excluding hydrogens is 252 g/mol. The average molecular weight is 268 g/mol. The molecule has 0 aliphatic heterocycles. The molecule has 102 valence electrons. The Morgan fingerprint density at radius 1 is 1.25 bits per heavy atom. The quantitative estimate of drug-likeness (QED) is 0.515. The van der Waals surface area contributed by atoms with E-state index >= 15 is 0 Å². The molecule has 4 heteroatoms. The Balaban J connectivity index is 1.84. The number of benzene rings is 1. The van der Waals surface area contributed by atoms with Crippen LogP contribution in [-0.4, -0.2) is 12.1 Å². The molecule has 0 unspecified atom stereocenters. The fourth-order valence-corrected chi connectivity index (χ4v) is 1.59. The van der Waals surface area contributed by atoms with Crippen LogP contribution in [0.15, 0.2) is 58.1 Å². The zero-order valence-electron chi connectivity index (χ0n) is 11.2. The summed E-state index contributed by atoms with van der Waals surface area (Å²) in [6, 6.07) is 13.3. The first-order chi connectivity index (χ1) is 9.78. The summed E-state index contributed by atoms with van der Waals surface area (Å²) in [4.78, 5) is 11.5. The first-order valence-corrected chi connectivity index (χ1v) is 6.43. The Hall–Kier alpha value is -2.62. The van der Waals surface area contributed by atoms with E-state index < -0.39 is 0 Å². The lowest BCUT2D eigenvalue weighted by Crippen LogP contribution is -2.13. The summed E-state index contributed by atoms with van der Waals surface area (Å²) < 4.78 is 5.43. The van der Waals surface area contributed by atoms with Crippen molar-refractivity contribution in [3.8, 4) is 0 Å². The van der Waals surface area contributed by atoms with Crippen LogP contribution in [0.2, 0.25) is 0 Å². The second kappa shape index (κ2) is 7.09. The van der Waals surface area contributed by atoms with Crippen molar-refractivity contribution in [2.75, 3.05) is 0 Å². The predicted molar refractivity (Wildman–Crippen MR) is 79.3 cm³/mol. The molecule has 0 spiro atoms. The standard InChI is InChI=1S/C16H16N2O2/c1-2-14-9-10-15(20-14)12-17-18-16(19)11-8-13-6-4-3-5-7-13/h3-12H,2H2,1H3,(H,18,19)/b11-8+,17-12+. The van der Waals surface area contributed by atoms with Crippen LogP contribution in [0.4, 0.5) is 0 Å². The molecule has 4 nitrogen and oxygen atoms in total. The van der Waals surface area contributed by atoms with Crippen molar-refractivity contribution in [2.45, 2.75) is 13.3 Å². The van der Waals surface area contributed by atoms with Crippen molar-refractivity contribution >= 4 is 18.2 Å². The van der Waals surface area contributed by atoms with E-state index in [4.69, 9.17) is 4.42 Å². The van der Waals surface area contributed by atoms with Gasteiger partial charge in [-0.2, -0.15) is 5.10 Å². The van der Waals surface area contributed by atoms with E-state index in [0.29, 0.717) is 5.76 Å². The molecule has 0 aliphatic carbocycles. The number of carbonyl (C=O) groups excluding carboxylic acids is 1. The average Bonchev–Trinajstić information content (AvgIpc) is 2.94. The van der Waals surface area contributed by atoms with Gasteiger partial charge in [0.15, 0.2) is 0 Å². The van der Waals surface area contributed by atoms with E-state index in [0.717, 1.165) is 17.7 Å². The number of furan rings is 1. The van der Waals surface area contributed by atoms with Crippen molar-refractivity contribution in [1.82, 2.24) is 5.43 Å². The zero-order chi connectivity index (χ0) is 14.2. The summed E-state index contributed by atoms with van der Waals surface area (Å²) >= 11 is 0. The van der Waals surface area contributed by atoms with Crippen LogP contribution in [0.1, 0.15) is 24.0 Å². The first kappa shape index (κ1) is 13.8. The molecule has 0 bridgehead atoms. The number of nitrogens with zero attached hydrogens (tertiary/aromatic N) is 1. The van der Waals surface area contributed by atoms with Gasteiger partial charge < -0.3 is 4.42 Å². The van der Waals surface area contributed by atoms with E-state index in [2.05, 4.69) is 10.5 Å². The topological polar surface area (TPSA) is 54.6 Å². The Bertz CT molecular complexity index is 612. The summed E-state index contributed by atoms with van der Waals surface area (Å²) in [7, 11) is 0. The molecule has 1 N–H and O–H groups in total. The van der Waals surface area contributed by atoms with E-state index in [1.807, 2.05) is 49.4 Å². The third-order valence-electron chi connectivity index (χ3n) is 2.62. The minimum absolute atomic E-state index is 0.285. The summed E-state index contributed by atoms with van der Waals surface area (Å²) in [5, 5.41) is 3.83. The summed E-state index contributed by atoms with van der Waals surface area (Å²) in [5.74, 6) is 1.23. The zero-order valence-corrected chi connectivity index (χ0v) is 11.2. The molecule has 0 saturated heterocycles. The molecule has 20 heavy (non-hydrogen) atoms. The van der Waals surface area contributed by atoms with Gasteiger partial charge in [0.25, 0.3) is 5.91 Å². The Morgan fingerprint density at radius 3 is 2.75 bits per heavy atom. The van der Waals surface area contributed by atoms with Gasteiger partial charge in [0.2, 0.25) is 0 Å². The number of amides is 1. The molecule has 1 amide bonds. The largest absolute Gasteiger partial charge is 0.460 e. The van der Waals surface area contributed by atoms with Crippen LogP contribution in [0.5, 0.6) is 0 Å². The Morgan fingerprint density at radius 2 is 2.05 bits per heavy atom. The number of rotatable bonds is 5. The van der Waals surface area contributed by atoms with Crippen molar-refractivity contribution in [1.29, 1.82) is 0 Å². The molecule has 2 aromatic rings. The van der Waals surface area contributed by atoms with Gasteiger partial charge in [-0.3, -0.25) is 4.79 Å². The predicted octanol–water partition coefficient (Wildman–Crippen LogP) is 3.01. The third kappa shape index (κ3) is 4.24. The Kier molecular flexibility index (Phi) is 4.89. The highest BCUT2D eigenvalue weighted by Gasteiger charge is 1.97. The minimum atomic E-state index is -0.285. The van der Waals surface area contributed by atoms with E-state index in [1.54, 1.807) is 6.08 Å². The van der Waals surface area contributed by atoms with Crippen LogP contribution < -0.4 is 5.43 Å². The lowest BCUT2D eigenvalue weighted by molar-refractivity contribution is -0.116. The van der Waals surface area contributed by atoms with E-state index in [-0.39, 0.29) is 5.91 Å². The van der Waals surface area contributed by atoms with Crippen LogP contribution in [0.25, 0.3) is 6.08 Å². The second-order valence-corrected chi connectivity index (χ2v) is 4.14. The van der Waals surface area contributed by atoms with Crippen molar-refractivity contribution in [3.05, 3.63) is 65.6 Å². The molecular formula is C16H16N2O2. The minimum Gasteiger partial charge on any atom is -0.460 e. The van der Waals surface area contributed by atoms with Gasteiger partial charge in [-0.1, -0.05) is 37.3 Å².